The summed E-state index contributed by atoms with van der Waals surface area (Å²) in [5, 5.41) is 33.2. The van der Waals surface area contributed by atoms with Crippen LogP contribution in [0.15, 0.2) is 12.2 Å². The van der Waals surface area contributed by atoms with Gasteiger partial charge < -0.3 is 20.6 Å². The van der Waals surface area contributed by atoms with Crippen LogP contribution in [0.25, 0.3) is 0 Å². The van der Waals surface area contributed by atoms with E-state index < -0.39 is 24.2 Å². The first-order valence-electron chi connectivity index (χ1n) is 24.5. The van der Waals surface area contributed by atoms with E-state index in [2.05, 4.69) is 19.2 Å². The summed E-state index contributed by atoms with van der Waals surface area (Å²) in [4.78, 5) is 12.5. The van der Waals surface area contributed by atoms with Crippen LogP contribution in [0.1, 0.15) is 271 Å². The van der Waals surface area contributed by atoms with Crippen molar-refractivity contribution in [2.24, 2.45) is 0 Å². The summed E-state index contributed by atoms with van der Waals surface area (Å²) in [7, 11) is 0. The molecule has 322 valence electrons. The van der Waals surface area contributed by atoms with Crippen LogP contribution in [-0.4, -0.2) is 46.1 Å². The van der Waals surface area contributed by atoms with E-state index in [1.807, 2.05) is 6.08 Å². The van der Waals surface area contributed by atoms with Gasteiger partial charge in [-0.05, 0) is 19.3 Å². The van der Waals surface area contributed by atoms with Gasteiger partial charge >= 0.3 is 0 Å². The van der Waals surface area contributed by atoms with Crippen LogP contribution in [0.5, 0.6) is 0 Å². The van der Waals surface area contributed by atoms with Gasteiger partial charge in [0.2, 0.25) is 5.91 Å². The average Bonchev–Trinajstić information content (AvgIpc) is 3.18. The third kappa shape index (κ3) is 39.3. The molecule has 0 fully saturated rings. The number of carbonyl (C=O) groups excluding carboxylic acids is 1. The number of aliphatic hydroxyl groups excluding tert-OH is 3. The van der Waals surface area contributed by atoms with Crippen molar-refractivity contribution in [3.63, 3.8) is 0 Å². The topological polar surface area (TPSA) is 89.8 Å². The number of rotatable bonds is 45. The van der Waals surface area contributed by atoms with Crippen LogP contribution in [0.4, 0.5) is 0 Å². The number of allylic oxidation sites excluding steroid dienone is 1. The number of aliphatic hydroxyl groups is 3. The van der Waals surface area contributed by atoms with Crippen LogP contribution in [0.2, 0.25) is 0 Å². The fourth-order valence-corrected chi connectivity index (χ4v) is 7.78. The van der Waals surface area contributed by atoms with Crippen molar-refractivity contribution < 1.29 is 20.1 Å². The fourth-order valence-electron chi connectivity index (χ4n) is 7.78. The van der Waals surface area contributed by atoms with E-state index in [1.165, 1.54) is 218 Å². The maximum Gasteiger partial charge on any atom is 0.249 e. The second-order valence-electron chi connectivity index (χ2n) is 17.0. The molecule has 3 atom stereocenters. The molecule has 0 heterocycles. The molecule has 0 bridgehead atoms. The molecule has 0 saturated heterocycles. The molecular formula is C49H97NO4. The number of unbranched alkanes of at least 4 members (excludes halogenated alkanes) is 37. The zero-order valence-corrected chi connectivity index (χ0v) is 36.6. The summed E-state index contributed by atoms with van der Waals surface area (Å²) in [5.41, 5.74) is 0. The Hall–Kier alpha value is -0.910. The zero-order chi connectivity index (χ0) is 39.4. The minimum atomic E-state index is -1.09. The number of carbonyl (C=O) groups is 1. The molecule has 1 amide bonds. The van der Waals surface area contributed by atoms with Gasteiger partial charge in [0.25, 0.3) is 0 Å². The zero-order valence-electron chi connectivity index (χ0n) is 36.6. The molecule has 3 unspecified atom stereocenters. The van der Waals surface area contributed by atoms with Gasteiger partial charge in [-0.15, -0.1) is 0 Å². The first kappa shape index (κ1) is 53.1. The molecule has 5 heteroatoms. The minimum absolute atomic E-state index is 0.359. The Kier molecular flexibility index (Phi) is 44.0. The SMILES string of the molecule is CCCCCCCCCCCCCCCC/C=C/C(O)C(CO)NC(=O)C(O)CCCCCCCCCCCCCCCCCCCCCCCCCC. The first-order valence-corrected chi connectivity index (χ1v) is 24.5. The molecule has 0 radical (unpaired) electrons. The second kappa shape index (κ2) is 44.8. The lowest BCUT2D eigenvalue weighted by Gasteiger charge is -2.21. The smallest absolute Gasteiger partial charge is 0.249 e. The highest BCUT2D eigenvalue weighted by molar-refractivity contribution is 5.80. The molecule has 0 spiro atoms. The molecule has 0 rings (SSSR count). The number of amides is 1. The normalized spacial score (nSPS) is 13.5. The predicted octanol–water partition coefficient (Wildman–Crippen LogP) is 14.4. The number of nitrogens with one attached hydrogen (secondary N) is 1. The Morgan fingerprint density at radius 1 is 0.444 bits per heavy atom. The lowest BCUT2D eigenvalue weighted by molar-refractivity contribution is -0.131. The maximum atomic E-state index is 12.5. The predicted molar refractivity (Wildman–Crippen MR) is 236 cm³/mol. The van der Waals surface area contributed by atoms with E-state index in [4.69, 9.17) is 0 Å². The fraction of sp³-hybridized carbons (Fsp3) is 0.939. The molecule has 0 aliphatic heterocycles. The summed E-state index contributed by atoms with van der Waals surface area (Å²) in [6.07, 6.45) is 54.0. The monoisotopic (exact) mass is 764 g/mol. The molecule has 5 nitrogen and oxygen atoms in total. The lowest BCUT2D eigenvalue weighted by Crippen LogP contribution is -2.48. The summed E-state index contributed by atoms with van der Waals surface area (Å²) in [6.45, 7) is 4.21. The van der Waals surface area contributed by atoms with Crippen LogP contribution >= 0.6 is 0 Å². The molecule has 0 aromatic rings. The van der Waals surface area contributed by atoms with Crippen LogP contribution in [0.3, 0.4) is 0 Å². The van der Waals surface area contributed by atoms with Gasteiger partial charge in [0.05, 0.1) is 18.8 Å². The quantitative estimate of drug-likeness (QED) is 0.0367. The molecule has 0 aliphatic rings. The van der Waals surface area contributed by atoms with Gasteiger partial charge in [-0.2, -0.15) is 0 Å². The molecule has 0 aromatic heterocycles. The number of hydrogen-bond donors (Lipinski definition) is 4. The van der Waals surface area contributed by atoms with Crippen molar-refractivity contribution in [2.75, 3.05) is 6.61 Å². The molecule has 0 saturated carbocycles. The number of hydrogen-bond acceptors (Lipinski definition) is 4. The highest BCUT2D eigenvalue weighted by Gasteiger charge is 2.22. The summed E-state index contributed by atoms with van der Waals surface area (Å²) in [5.74, 6) is -0.498. The Morgan fingerprint density at radius 2 is 0.722 bits per heavy atom. The highest BCUT2D eigenvalue weighted by Crippen LogP contribution is 2.17. The van der Waals surface area contributed by atoms with E-state index in [-0.39, 0.29) is 6.61 Å². The van der Waals surface area contributed by atoms with Crippen molar-refractivity contribution in [3.05, 3.63) is 12.2 Å². The van der Waals surface area contributed by atoms with Crippen LogP contribution < -0.4 is 5.32 Å². The summed E-state index contributed by atoms with van der Waals surface area (Å²) in [6, 6.07) is -0.793. The molecule has 54 heavy (non-hydrogen) atoms. The molecule has 4 N–H and O–H groups in total. The van der Waals surface area contributed by atoms with Crippen LogP contribution in [0, 0.1) is 0 Å². The Bertz CT molecular complexity index is 758. The summed E-state index contributed by atoms with van der Waals surface area (Å²) >= 11 is 0. The minimum Gasteiger partial charge on any atom is -0.394 e. The Labute approximate surface area is 338 Å². The van der Waals surface area contributed by atoms with Crippen molar-refractivity contribution in [2.45, 2.75) is 289 Å². The lowest BCUT2D eigenvalue weighted by atomic mass is 10.0. The van der Waals surface area contributed by atoms with Gasteiger partial charge in [-0.3, -0.25) is 4.79 Å². The van der Waals surface area contributed by atoms with E-state index in [9.17, 15) is 20.1 Å². The maximum absolute atomic E-state index is 12.5. The largest absolute Gasteiger partial charge is 0.394 e. The van der Waals surface area contributed by atoms with Gasteiger partial charge in [0, 0.05) is 0 Å². The molecular weight excluding hydrogens is 667 g/mol. The van der Waals surface area contributed by atoms with Gasteiger partial charge in [0.1, 0.15) is 6.10 Å². The van der Waals surface area contributed by atoms with Crippen molar-refractivity contribution in [3.8, 4) is 0 Å². The second-order valence-corrected chi connectivity index (χ2v) is 17.0. The van der Waals surface area contributed by atoms with Crippen molar-refractivity contribution >= 4 is 5.91 Å². The molecule has 0 aromatic carbocycles. The van der Waals surface area contributed by atoms with Gasteiger partial charge in [0.15, 0.2) is 0 Å². The van der Waals surface area contributed by atoms with Gasteiger partial charge in [-0.25, -0.2) is 0 Å². The van der Waals surface area contributed by atoms with E-state index in [0.717, 1.165) is 32.1 Å². The van der Waals surface area contributed by atoms with Crippen molar-refractivity contribution in [1.82, 2.24) is 5.32 Å². The average molecular weight is 764 g/mol. The Balaban J connectivity index is 3.57. The highest BCUT2D eigenvalue weighted by atomic mass is 16.3. The third-order valence-electron chi connectivity index (χ3n) is 11.6. The summed E-state index contributed by atoms with van der Waals surface area (Å²) < 4.78 is 0. The van der Waals surface area contributed by atoms with Gasteiger partial charge in [-0.1, -0.05) is 264 Å². The van der Waals surface area contributed by atoms with E-state index in [1.54, 1.807) is 6.08 Å². The van der Waals surface area contributed by atoms with Crippen LogP contribution in [-0.2, 0) is 4.79 Å². The van der Waals surface area contributed by atoms with E-state index in [0.29, 0.717) is 6.42 Å². The third-order valence-corrected chi connectivity index (χ3v) is 11.6. The van der Waals surface area contributed by atoms with E-state index >= 15 is 0 Å². The standard InChI is InChI=1S/C49H97NO4/c1-3-5-7-9-11-13-15-17-19-21-22-23-24-25-26-27-28-30-32-34-36-38-40-42-44-48(53)49(54)50-46(45-51)47(52)43-41-39-37-35-33-31-29-20-18-16-14-12-10-8-6-4-2/h41,43,46-48,51-53H,3-40,42,44-45H2,1-2H3,(H,50,54)/b43-41+. The Morgan fingerprint density at radius 3 is 1.02 bits per heavy atom. The first-order chi connectivity index (χ1) is 26.6. The van der Waals surface area contributed by atoms with Crippen molar-refractivity contribution in [1.29, 1.82) is 0 Å². The molecule has 0 aliphatic carbocycles.